The Kier molecular flexibility index (Phi) is 29.9. The number of nitrogen functional groups attached to an aromatic ring is 10. The highest BCUT2D eigenvalue weighted by Gasteiger charge is 2.29. The molecule has 0 saturated carbocycles. The quantitative estimate of drug-likeness (QED) is 0.0225. The highest BCUT2D eigenvalue weighted by molar-refractivity contribution is 5.62. The van der Waals surface area contributed by atoms with Gasteiger partial charge in [0.1, 0.15) is 74.7 Å². The van der Waals surface area contributed by atoms with Crippen LogP contribution in [0.1, 0.15) is 32.1 Å². The van der Waals surface area contributed by atoms with Crippen molar-refractivity contribution in [2.45, 2.75) is 32.1 Å². The highest BCUT2D eigenvalue weighted by Crippen LogP contribution is 2.29. The van der Waals surface area contributed by atoms with Crippen molar-refractivity contribution in [3.05, 3.63) is 91.0 Å². The Bertz CT molecular complexity index is 3010. The fraction of sp³-hybridized carbons (Fsp3) is 0.571. The van der Waals surface area contributed by atoms with Gasteiger partial charge in [-0.25, -0.2) is 0 Å². The molecule has 94 heavy (non-hydrogen) atoms. The molecule has 5 aliphatic heterocycles. The molecule has 0 radical (unpaired) electrons. The van der Waals surface area contributed by atoms with E-state index in [9.17, 15) is 0 Å². The molecule has 0 bridgehead atoms. The summed E-state index contributed by atoms with van der Waals surface area (Å²) in [6, 6.07) is 26.7. The molecule has 5 aliphatic rings. The average Bonchev–Trinajstić information content (AvgIpc) is 3.38. The number of benzene rings is 5. The first-order valence-electron chi connectivity index (χ1n) is 33.8. The monoisotopic (exact) mass is 1310 g/mol. The summed E-state index contributed by atoms with van der Waals surface area (Å²) in [5.41, 5.74) is 64.4. The van der Waals surface area contributed by atoms with Gasteiger partial charge in [0.05, 0.1) is 176 Å². The van der Waals surface area contributed by atoms with Crippen molar-refractivity contribution in [1.82, 2.24) is 9.80 Å². The van der Waals surface area contributed by atoms with Crippen LogP contribution in [0.4, 0.5) is 56.9 Å². The van der Waals surface area contributed by atoms with Crippen LogP contribution in [0.3, 0.4) is 0 Å². The van der Waals surface area contributed by atoms with E-state index in [1.807, 2.05) is 0 Å². The molecule has 5 saturated heterocycles. The second-order valence-electron chi connectivity index (χ2n) is 28.0. The van der Waals surface area contributed by atoms with Gasteiger partial charge in [0, 0.05) is 124 Å². The maximum atomic E-state index is 5.85. The van der Waals surface area contributed by atoms with E-state index in [0.29, 0.717) is 119 Å². The summed E-state index contributed by atoms with van der Waals surface area (Å²) in [6.07, 6.45) is 5.80. The number of quaternary nitrogens is 5. The summed E-state index contributed by atoms with van der Waals surface area (Å²) in [5, 5.41) is 0. The standard InChI is InChI=1S/C15H27N4O.C14H25N4O.C14H24N3O2.C14H24N3O.C13H22N3O2/c1-19(2)9-7-18(8-10-19)6-3-11-20-15-12-13(16)4-5-14(15)17;1-18(2)8-5-17(6-9-18)7-10-19-14-11-12(15)3-4-13(14)16;1-17(6-9-18-10-7-17)5-2-8-19-14-11-12(15)3-4-13(14)16;1-17(7-2-3-8-17)9-4-10-18-14-11-12(15)5-6-13(14)16;1-16(4-7-17-8-5-16)6-9-18-13-10-11(14)2-3-12(13)15/h4-5,12H,3,6-11,16-17H2,1-2H3;3-4,11H,5-10,15-16H2,1-2H3;3-4,11H,2,5-10,15-16H2,1H3;5-6,11H,2-4,7-10,15-16H2,1H3;2-3,10H,4-9,14-15H2,1H3/q5*+1. The van der Waals surface area contributed by atoms with Crippen LogP contribution in [0.25, 0.3) is 0 Å². The molecular weight excluding hydrogens is 1190 g/mol. The van der Waals surface area contributed by atoms with Gasteiger partial charge in [0.2, 0.25) is 0 Å². The number of nitrogens with zero attached hydrogens (tertiary/aromatic N) is 7. The molecule has 0 atom stereocenters. The Hall–Kier alpha value is -7.26. The Labute approximate surface area is 562 Å². The van der Waals surface area contributed by atoms with Gasteiger partial charge in [-0.2, -0.15) is 0 Å². The van der Waals surface area contributed by atoms with Crippen LogP contribution in [0.15, 0.2) is 91.0 Å². The summed E-state index contributed by atoms with van der Waals surface area (Å²) in [5.74, 6) is 3.45. The average molecular weight is 1310 g/mol. The topological polar surface area (TPSA) is 331 Å². The molecular formula is C70H122N17O7+5. The molecule has 5 heterocycles. The smallest absolute Gasteiger partial charge is 0.144 e. The van der Waals surface area contributed by atoms with Gasteiger partial charge in [-0.3, -0.25) is 9.80 Å². The maximum Gasteiger partial charge on any atom is 0.144 e. The molecule has 0 amide bonds. The zero-order chi connectivity index (χ0) is 68.2. The third kappa shape index (κ3) is 27.6. The van der Waals surface area contributed by atoms with Crippen molar-refractivity contribution < 1.29 is 55.6 Å². The van der Waals surface area contributed by atoms with Crippen LogP contribution in [0.5, 0.6) is 28.7 Å². The predicted octanol–water partition coefficient (Wildman–Crippen LogP) is 5.30. The van der Waals surface area contributed by atoms with Crippen LogP contribution in [-0.4, -0.2) is 265 Å². The van der Waals surface area contributed by atoms with E-state index in [1.54, 1.807) is 91.0 Å². The normalized spacial score (nSPS) is 18.5. The second-order valence-corrected chi connectivity index (χ2v) is 28.0. The lowest BCUT2D eigenvalue weighted by Crippen LogP contribution is -2.55. The number of likely N-dealkylation sites (N-methyl/N-ethyl adjacent to an activating group) is 4. The molecule has 0 aromatic heterocycles. The summed E-state index contributed by atoms with van der Waals surface area (Å²) in [7, 11) is 16.0. The van der Waals surface area contributed by atoms with Gasteiger partial charge < -0.3 is 113 Å². The largest absolute Gasteiger partial charge is 0.491 e. The first-order valence-corrected chi connectivity index (χ1v) is 33.8. The van der Waals surface area contributed by atoms with Crippen molar-refractivity contribution in [3.8, 4) is 28.7 Å². The molecule has 24 heteroatoms. The van der Waals surface area contributed by atoms with Gasteiger partial charge >= 0.3 is 0 Å². The molecule has 10 rings (SSSR count). The zero-order valence-electron chi connectivity index (χ0n) is 58.3. The summed E-state index contributed by atoms with van der Waals surface area (Å²) >= 11 is 0. The number of rotatable bonds is 23. The molecule has 0 spiro atoms. The Morgan fingerprint density at radius 2 is 0.596 bits per heavy atom. The van der Waals surface area contributed by atoms with Gasteiger partial charge in [-0.1, -0.05) is 0 Å². The number of likely N-dealkylation sites (tertiary alicyclic amines) is 1. The van der Waals surface area contributed by atoms with Crippen molar-refractivity contribution >= 4 is 56.9 Å². The molecule has 5 aromatic carbocycles. The van der Waals surface area contributed by atoms with Crippen LogP contribution in [-0.2, 0) is 9.47 Å². The minimum absolute atomic E-state index is 0.633. The molecule has 5 fully saturated rings. The molecule has 0 aliphatic carbocycles. The fourth-order valence-corrected chi connectivity index (χ4v) is 11.6. The van der Waals surface area contributed by atoms with E-state index in [-0.39, 0.29) is 0 Å². The second kappa shape index (κ2) is 37.1. The van der Waals surface area contributed by atoms with Crippen LogP contribution < -0.4 is 81.0 Å². The first-order chi connectivity index (χ1) is 44.7. The minimum Gasteiger partial charge on any atom is -0.491 e. The number of ether oxygens (including phenoxy) is 7. The van der Waals surface area contributed by atoms with E-state index in [1.165, 1.54) is 76.2 Å². The van der Waals surface area contributed by atoms with Gasteiger partial charge in [-0.05, 0) is 67.1 Å². The fourth-order valence-electron chi connectivity index (χ4n) is 11.6. The number of anilines is 10. The Morgan fingerprint density at radius 3 is 0.936 bits per heavy atom. The summed E-state index contributed by atoms with van der Waals surface area (Å²) < 4.78 is 44.8. The predicted molar refractivity (Wildman–Crippen MR) is 387 cm³/mol. The third-order valence-corrected chi connectivity index (χ3v) is 18.7. The summed E-state index contributed by atoms with van der Waals surface area (Å²) in [6.45, 7) is 28.3. The maximum absolute atomic E-state index is 5.85. The van der Waals surface area contributed by atoms with Crippen LogP contribution in [0, 0.1) is 0 Å². The lowest BCUT2D eigenvalue weighted by atomic mass is 10.2. The molecule has 524 valence electrons. The third-order valence-electron chi connectivity index (χ3n) is 18.7. The zero-order valence-corrected chi connectivity index (χ0v) is 58.3. The SMILES string of the molecule is C[N+]1(C)CCN(CCCOc2cc(N)ccc2N)CC1.C[N+]1(C)CCN(CCOc2cc(N)ccc2N)CC1.C[N+]1(CCCOc2cc(N)ccc2N)CCCC1.C[N+]1(CCCOc2cc(N)ccc2N)CCOCC1.C[N+]1(CCOc2cc(N)ccc2N)CCOCC1. The van der Waals surface area contributed by atoms with Crippen molar-refractivity contribution in [1.29, 1.82) is 0 Å². The van der Waals surface area contributed by atoms with E-state index >= 15 is 0 Å². The number of hydrogen-bond acceptors (Lipinski definition) is 19. The van der Waals surface area contributed by atoms with E-state index in [2.05, 4.69) is 59.1 Å². The van der Waals surface area contributed by atoms with Crippen LogP contribution >= 0.6 is 0 Å². The lowest BCUT2D eigenvalue weighted by molar-refractivity contribution is -0.917. The number of hydrogen-bond donors (Lipinski definition) is 10. The number of nitrogens with two attached hydrogens (primary N) is 10. The number of morpholine rings is 2. The van der Waals surface area contributed by atoms with Crippen molar-refractivity contribution in [2.24, 2.45) is 0 Å². The van der Waals surface area contributed by atoms with E-state index in [0.717, 1.165) is 129 Å². The molecule has 5 aromatic rings. The Balaban J connectivity index is 0.000000186. The highest BCUT2D eigenvalue weighted by atomic mass is 16.5. The van der Waals surface area contributed by atoms with Gasteiger partial charge in [0.15, 0.2) is 0 Å². The lowest BCUT2D eigenvalue weighted by Gasteiger charge is -2.39. The number of piperazine rings is 2. The van der Waals surface area contributed by atoms with Crippen molar-refractivity contribution in [3.63, 3.8) is 0 Å². The Morgan fingerprint density at radius 1 is 0.319 bits per heavy atom. The van der Waals surface area contributed by atoms with E-state index in [4.69, 9.17) is 90.5 Å². The van der Waals surface area contributed by atoms with Crippen molar-refractivity contribution in [2.75, 3.05) is 290 Å². The van der Waals surface area contributed by atoms with Crippen LogP contribution in [0.2, 0.25) is 0 Å². The molecule has 24 nitrogen and oxygen atoms in total. The van der Waals surface area contributed by atoms with Gasteiger partial charge in [0.25, 0.3) is 0 Å². The molecule has 20 N–H and O–H groups in total. The van der Waals surface area contributed by atoms with Gasteiger partial charge in [-0.15, -0.1) is 0 Å². The summed E-state index contributed by atoms with van der Waals surface area (Å²) in [4.78, 5) is 4.95. The van der Waals surface area contributed by atoms with E-state index < -0.39 is 0 Å². The molecule has 0 unspecified atom stereocenters. The minimum atomic E-state index is 0.633. The first kappa shape index (κ1) is 75.8.